The largest absolute Gasteiger partial charge is 0.417 e. The highest BCUT2D eigenvalue weighted by molar-refractivity contribution is 5.41. The van der Waals surface area contributed by atoms with E-state index in [-0.39, 0.29) is 6.10 Å². The van der Waals surface area contributed by atoms with Crippen LogP contribution in [-0.2, 0) is 6.18 Å². The van der Waals surface area contributed by atoms with E-state index in [2.05, 4.69) is 14.8 Å². The van der Waals surface area contributed by atoms with Gasteiger partial charge < -0.3 is 14.9 Å². The molecule has 0 amide bonds. The molecule has 3 rings (SSSR count). The summed E-state index contributed by atoms with van der Waals surface area (Å²) in [4.78, 5) is 8.41. The number of aromatic nitrogens is 1. The molecule has 128 valence electrons. The molecular formula is C16H22F3N3O. The monoisotopic (exact) mass is 329 g/mol. The maximum atomic E-state index is 12.6. The van der Waals surface area contributed by atoms with Crippen LogP contribution in [0.2, 0.25) is 0 Å². The Morgan fingerprint density at radius 1 is 1.13 bits per heavy atom. The molecule has 1 aromatic heterocycles. The van der Waals surface area contributed by atoms with E-state index in [1.165, 1.54) is 6.07 Å². The van der Waals surface area contributed by atoms with Crippen LogP contribution in [0.3, 0.4) is 0 Å². The Morgan fingerprint density at radius 2 is 1.87 bits per heavy atom. The van der Waals surface area contributed by atoms with Crippen molar-refractivity contribution in [2.45, 2.75) is 31.5 Å². The fourth-order valence-corrected chi connectivity index (χ4v) is 3.40. The van der Waals surface area contributed by atoms with E-state index in [1.807, 2.05) is 0 Å². The van der Waals surface area contributed by atoms with Crippen LogP contribution in [0.4, 0.5) is 19.0 Å². The molecule has 0 spiro atoms. The summed E-state index contributed by atoms with van der Waals surface area (Å²) in [6.07, 6.45) is -0.898. The van der Waals surface area contributed by atoms with E-state index in [9.17, 15) is 18.3 Å². The number of anilines is 1. The average molecular weight is 329 g/mol. The zero-order valence-electron chi connectivity index (χ0n) is 13.0. The average Bonchev–Trinajstić information content (AvgIpc) is 2.97. The van der Waals surface area contributed by atoms with Gasteiger partial charge in [0.05, 0.1) is 11.7 Å². The molecule has 2 aliphatic heterocycles. The normalized spacial score (nSPS) is 24.3. The highest BCUT2D eigenvalue weighted by atomic mass is 19.4. The third-order valence-corrected chi connectivity index (χ3v) is 4.76. The lowest BCUT2D eigenvalue weighted by atomic mass is 10.0. The van der Waals surface area contributed by atoms with Crippen LogP contribution in [0.15, 0.2) is 18.3 Å². The zero-order valence-corrected chi connectivity index (χ0v) is 13.0. The second-order valence-corrected chi connectivity index (χ2v) is 6.54. The van der Waals surface area contributed by atoms with Crippen LogP contribution in [-0.4, -0.2) is 53.8 Å². The first-order valence-corrected chi connectivity index (χ1v) is 8.10. The fourth-order valence-electron chi connectivity index (χ4n) is 3.40. The van der Waals surface area contributed by atoms with Crippen LogP contribution < -0.4 is 4.90 Å². The Kier molecular flexibility index (Phi) is 4.77. The molecule has 0 saturated carbocycles. The first-order chi connectivity index (χ1) is 10.9. The smallest absolute Gasteiger partial charge is 0.393 e. The molecule has 0 radical (unpaired) electrons. The minimum atomic E-state index is -4.34. The molecule has 1 N–H and O–H groups in total. The van der Waals surface area contributed by atoms with Gasteiger partial charge in [-0.1, -0.05) is 0 Å². The molecule has 0 aliphatic carbocycles. The van der Waals surface area contributed by atoms with Gasteiger partial charge in [-0.15, -0.1) is 0 Å². The summed E-state index contributed by atoms with van der Waals surface area (Å²) in [6.45, 7) is 4.51. The van der Waals surface area contributed by atoms with Gasteiger partial charge in [0.2, 0.25) is 0 Å². The first-order valence-electron chi connectivity index (χ1n) is 8.10. The van der Waals surface area contributed by atoms with Crippen molar-refractivity contribution in [3.05, 3.63) is 23.9 Å². The van der Waals surface area contributed by atoms with Crippen LogP contribution in [0.1, 0.15) is 24.8 Å². The molecule has 1 unspecified atom stereocenters. The van der Waals surface area contributed by atoms with E-state index in [0.717, 1.165) is 64.2 Å². The van der Waals surface area contributed by atoms with Crippen molar-refractivity contribution in [2.75, 3.05) is 37.6 Å². The summed E-state index contributed by atoms with van der Waals surface area (Å²) in [6, 6.07) is 2.56. The van der Waals surface area contributed by atoms with E-state index < -0.39 is 11.7 Å². The molecule has 0 aromatic carbocycles. The lowest BCUT2D eigenvalue weighted by Crippen LogP contribution is -2.39. The molecule has 2 saturated heterocycles. The van der Waals surface area contributed by atoms with E-state index in [1.54, 1.807) is 0 Å². The second kappa shape index (κ2) is 6.65. The predicted molar refractivity (Wildman–Crippen MR) is 81.2 cm³/mol. The molecule has 2 fully saturated rings. The number of likely N-dealkylation sites (tertiary alicyclic amines) is 1. The molecular weight excluding hydrogens is 307 g/mol. The molecule has 1 aromatic rings. The number of aliphatic hydroxyl groups is 1. The van der Waals surface area contributed by atoms with E-state index in [0.29, 0.717) is 11.7 Å². The molecule has 1 atom stereocenters. The van der Waals surface area contributed by atoms with Crippen molar-refractivity contribution in [3.63, 3.8) is 0 Å². The molecule has 23 heavy (non-hydrogen) atoms. The highest BCUT2D eigenvalue weighted by Crippen LogP contribution is 2.30. The summed E-state index contributed by atoms with van der Waals surface area (Å²) in [7, 11) is 0. The number of pyridine rings is 1. The van der Waals surface area contributed by atoms with Crippen LogP contribution >= 0.6 is 0 Å². The number of alkyl halides is 3. The topological polar surface area (TPSA) is 39.6 Å². The summed E-state index contributed by atoms with van der Waals surface area (Å²) in [5.41, 5.74) is -0.705. The maximum Gasteiger partial charge on any atom is 0.417 e. The number of hydrogen-bond acceptors (Lipinski definition) is 4. The molecule has 0 bridgehead atoms. The van der Waals surface area contributed by atoms with Crippen molar-refractivity contribution in [3.8, 4) is 0 Å². The van der Waals surface area contributed by atoms with Crippen LogP contribution in [0, 0.1) is 5.92 Å². The third-order valence-electron chi connectivity index (χ3n) is 4.76. The summed E-state index contributed by atoms with van der Waals surface area (Å²) in [5.74, 6) is 1.13. The van der Waals surface area contributed by atoms with Gasteiger partial charge in [0.15, 0.2) is 0 Å². The maximum absolute atomic E-state index is 12.6. The van der Waals surface area contributed by atoms with Gasteiger partial charge in [-0.2, -0.15) is 13.2 Å². The van der Waals surface area contributed by atoms with Gasteiger partial charge in [0.1, 0.15) is 5.82 Å². The van der Waals surface area contributed by atoms with Gasteiger partial charge in [-0.25, -0.2) is 4.98 Å². The predicted octanol–water partition coefficient (Wildman–Crippen LogP) is 2.38. The molecule has 2 aliphatic rings. The van der Waals surface area contributed by atoms with Crippen molar-refractivity contribution < 1.29 is 18.3 Å². The number of aliphatic hydroxyl groups excluding tert-OH is 1. The lowest BCUT2D eigenvalue weighted by molar-refractivity contribution is -0.137. The highest BCUT2D eigenvalue weighted by Gasteiger charge is 2.32. The number of nitrogens with zero attached hydrogens (tertiary/aromatic N) is 3. The van der Waals surface area contributed by atoms with Crippen molar-refractivity contribution in [1.29, 1.82) is 0 Å². The van der Waals surface area contributed by atoms with E-state index in [4.69, 9.17) is 0 Å². The quantitative estimate of drug-likeness (QED) is 0.924. The van der Waals surface area contributed by atoms with Crippen LogP contribution in [0.25, 0.3) is 0 Å². The lowest BCUT2D eigenvalue weighted by Gasteiger charge is -2.31. The zero-order chi connectivity index (χ0) is 16.4. The molecule has 4 nitrogen and oxygen atoms in total. The summed E-state index contributed by atoms with van der Waals surface area (Å²) < 4.78 is 37.7. The Bertz CT molecular complexity index is 512. The van der Waals surface area contributed by atoms with Crippen molar-refractivity contribution >= 4 is 5.82 Å². The van der Waals surface area contributed by atoms with Gasteiger partial charge in [-0.05, 0) is 37.3 Å². The Hall–Kier alpha value is -1.34. The first kappa shape index (κ1) is 16.5. The summed E-state index contributed by atoms with van der Waals surface area (Å²) in [5, 5.41) is 9.53. The second-order valence-electron chi connectivity index (χ2n) is 6.54. The molecule has 3 heterocycles. The van der Waals surface area contributed by atoms with Crippen molar-refractivity contribution in [1.82, 2.24) is 9.88 Å². The molecule has 7 heteroatoms. The Morgan fingerprint density at radius 3 is 2.48 bits per heavy atom. The number of halogens is 3. The fraction of sp³-hybridized carbons (Fsp3) is 0.688. The SMILES string of the molecule is OC1CCN(CC2CCN(c3ccc(C(F)(F)F)cn3)C2)CC1. The number of rotatable bonds is 3. The van der Waals surface area contributed by atoms with Crippen molar-refractivity contribution in [2.24, 2.45) is 5.92 Å². The summed E-state index contributed by atoms with van der Waals surface area (Å²) >= 11 is 0. The Balaban J connectivity index is 1.53. The van der Waals surface area contributed by atoms with Crippen LogP contribution in [0.5, 0.6) is 0 Å². The Labute approximate surface area is 133 Å². The minimum Gasteiger partial charge on any atom is -0.393 e. The van der Waals surface area contributed by atoms with Gasteiger partial charge in [0, 0.05) is 38.9 Å². The third kappa shape index (κ3) is 4.14. The standard InChI is InChI=1S/C16H22F3N3O/c17-16(18,19)13-1-2-15(20-9-13)22-8-3-12(11-22)10-21-6-4-14(23)5-7-21/h1-2,9,12,14,23H,3-8,10-11H2. The van der Waals surface area contributed by atoms with Gasteiger partial charge in [0.25, 0.3) is 0 Å². The van der Waals surface area contributed by atoms with E-state index >= 15 is 0 Å². The number of hydrogen-bond donors (Lipinski definition) is 1. The number of piperidine rings is 1. The minimum absolute atomic E-state index is 0.164. The van der Waals surface area contributed by atoms with Gasteiger partial charge in [-0.3, -0.25) is 0 Å². The van der Waals surface area contributed by atoms with Gasteiger partial charge >= 0.3 is 6.18 Å².